The van der Waals surface area contributed by atoms with Gasteiger partial charge >= 0.3 is 0 Å². The molecule has 0 aliphatic carbocycles. The second kappa shape index (κ2) is 5.85. The van der Waals surface area contributed by atoms with Crippen molar-refractivity contribution < 1.29 is 12.8 Å². The lowest BCUT2D eigenvalue weighted by molar-refractivity contribution is 0.602. The zero-order valence-corrected chi connectivity index (χ0v) is 12.5. The number of anilines is 1. The summed E-state index contributed by atoms with van der Waals surface area (Å²) >= 11 is 1.41. The summed E-state index contributed by atoms with van der Waals surface area (Å²) in [4.78, 5) is 1.13. The first-order chi connectivity index (χ1) is 9.38. The van der Waals surface area contributed by atoms with Crippen LogP contribution in [0.25, 0.3) is 0 Å². The molecule has 0 amide bonds. The van der Waals surface area contributed by atoms with Gasteiger partial charge in [-0.2, -0.15) is 0 Å². The Bertz CT molecular complexity index is 692. The van der Waals surface area contributed by atoms with Crippen LogP contribution in [0.3, 0.4) is 0 Å². The fourth-order valence-corrected chi connectivity index (χ4v) is 3.24. The fraction of sp³-hybridized carbons (Fsp3) is 0.143. The smallest absolute Gasteiger partial charge is 0.175 e. The van der Waals surface area contributed by atoms with Crippen LogP contribution in [0, 0.1) is 5.82 Å². The minimum absolute atomic E-state index is 0.271. The van der Waals surface area contributed by atoms with Gasteiger partial charge in [-0.25, -0.2) is 12.8 Å². The Morgan fingerprint density at radius 2 is 1.80 bits per heavy atom. The summed E-state index contributed by atoms with van der Waals surface area (Å²) in [5, 5.41) is 0. The average Bonchev–Trinajstić information content (AvgIpc) is 2.37. The van der Waals surface area contributed by atoms with Crippen LogP contribution in [0.1, 0.15) is 5.56 Å². The quantitative estimate of drug-likeness (QED) is 0.696. The van der Waals surface area contributed by atoms with Crippen molar-refractivity contribution >= 4 is 27.3 Å². The number of thioether (sulfide) groups is 1. The highest BCUT2D eigenvalue weighted by Gasteiger charge is 2.08. The molecule has 0 heterocycles. The number of hydrogen-bond donors (Lipinski definition) is 1. The van der Waals surface area contributed by atoms with E-state index in [9.17, 15) is 12.8 Å². The lowest BCUT2D eigenvalue weighted by Gasteiger charge is -2.07. The number of nitrogens with two attached hydrogens (primary N) is 1. The highest BCUT2D eigenvalue weighted by atomic mass is 32.2. The van der Waals surface area contributed by atoms with E-state index >= 15 is 0 Å². The van der Waals surface area contributed by atoms with E-state index in [0.29, 0.717) is 17.0 Å². The molecule has 20 heavy (non-hydrogen) atoms. The average molecular weight is 311 g/mol. The first-order valence-corrected chi connectivity index (χ1v) is 8.71. The van der Waals surface area contributed by atoms with E-state index in [2.05, 4.69) is 0 Å². The monoisotopic (exact) mass is 311 g/mol. The SMILES string of the molecule is CS(=O)(=O)c1ccc(SCc2c(N)cccc2F)cc1. The van der Waals surface area contributed by atoms with Crippen LogP contribution in [0.4, 0.5) is 10.1 Å². The van der Waals surface area contributed by atoms with Crippen LogP contribution < -0.4 is 5.73 Å². The van der Waals surface area contributed by atoms with E-state index in [4.69, 9.17) is 5.73 Å². The molecule has 0 radical (unpaired) electrons. The number of nitrogen functional groups attached to an aromatic ring is 1. The Morgan fingerprint density at radius 3 is 2.35 bits per heavy atom. The Kier molecular flexibility index (Phi) is 4.35. The third kappa shape index (κ3) is 3.52. The Labute approximate surface area is 121 Å². The molecular weight excluding hydrogens is 297 g/mol. The van der Waals surface area contributed by atoms with Crippen molar-refractivity contribution in [3.05, 3.63) is 53.8 Å². The number of rotatable bonds is 4. The molecule has 0 spiro atoms. The van der Waals surface area contributed by atoms with Gasteiger partial charge in [0, 0.05) is 28.2 Å². The van der Waals surface area contributed by atoms with E-state index in [0.717, 1.165) is 11.2 Å². The maximum absolute atomic E-state index is 13.6. The zero-order chi connectivity index (χ0) is 14.8. The van der Waals surface area contributed by atoms with Gasteiger partial charge in [0.2, 0.25) is 0 Å². The van der Waals surface area contributed by atoms with E-state index in [1.807, 2.05) is 0 Å². The second-order valence-corrected chi connectivity index (χ2v) is 7.40. The van der Waals surface area contributed by atoms with Crippen LogP contribution >= 0.6 is 11.8 Å². The van der Waals surface area contributed by atoms with Gasteiger partial charge in [-0.05, 0) is 36.4 Å². The fourth-order valence-electron chi connectivity index (χ4n) is 1.67. The maximum atomic E-state index is 13.6. The molecule has 0 unspecified atom stereocenters. The Morgan fingerprint density at radius 1 is 1.15 bits per heavy atom. The highest BCUT2D eigenvalue weighted by Crippen LogP contribution is 2.27. The normalized spacial score (nSPS) is 11.5. The molecule has 3 nitrogen and oxygen atoms in total. The molecule has 0 aliphatic heterocycles. The lowest BCUT2D eigenvalue weighted by atomic mass is 10.2. The van der Waals surface area contributed by atoms with Crippen molar-refractivity contribution in [2.75, 3.05) is 12.0 Å². The van der Waals surface area contributed by atoms with Crippen LogP contribution in [0.15, 0.2) is 52.3 Å². The molecule has 0 fully saturated rings. The van der Waals surface area contributed by atoms with Gasteiger partial charge in [0.25, 0.3) is 0 Å². The molecule has 6 heteroatoms. The van der Waals surface area contributed by atoms with Crippen LogP contribution in [-0.4, -0.2) is 14.7 Å². The minimum atomic E-state index is -3.19. The first-order valence-electron chi connectivity index (χ1n) is 5.84. The van der Waals surface area contributed by atoms with Crippen molar-refractivity contribution in [2.45, 2.75) is 15.5 Å². The summed E-state index contributed by atoms with van der Waals surface area (Å²) in [6.45, 7) is 0. The van der Waals surface area contributed by atoms with E-state index in [1.54, 1.807) is 36.4 Å². The maximum Gasteiger partial charge on any atom is 0.175 e. The van der Waals surface area contributed by atoms with Gasteiger partial charge in [-0.15, -0.1) is 11.8 Å². The summed E-state index contributed by atoms with van der Waals surface area (Å²) in [6.07, 6.45) is 1.16. The molecule has 0 atom stereocenters. The molecule has 0 aromatic heterocycles. The van der Waals surface area contributed by atoms with Crippen LogP contribution in [0.5, 0.6) is 0 Å². The Hall–Kier alpha value is -1.53. The lowest BCUT2D eigenvalue weighted by Crippen LogP contribution is -1.97. The number of hydrogen-bond acceptors (Lipinski definition) is 4. The molecule has 106 valence electrons. The first kappa shape index (κ1) is 14.9. The minimum Gasteiger partial charge on any atom is -0.398 e. The van der Waals surface area contributed by atoms with Crippen LogP contribution in [-0.2, 0) is 15.6 Å². The van der Waals surface area contributed by atoms with Gasteiger partial charge in [0.1, 0.15) is 5.82 Å². The standard InChI is InChI=1S/C14H14FNO2S2/c1-20(17,18)11-7-5-10(6-8-11)19-9-12-13(15)3-2-4-14(12)16/h2-8H,9,16H2,1H3. The zero-order valence-electron chi connectivity index (χ0n) is 10.8. The largest absolute Gasteiger partial charge is 0.398 e. The summed E-state index contributed by atoms with van der Waals surface area (Å²) in [5.74, 6) is 0.0711. The molecule has 2 aromatic rings. The van der Waals surface area contributed by atoms with E-state index in [1.165, 1.54) is 17.8 Å². The number of sulfone groups is 1. The number of halogens is 1. The van der Waals surface area contributed by atoms with Gasteiger partial charge < -0.3 is 5.73 Å². The van der Waals surface area contributed by atoms with Crippen molar-refractivity contribution in [1.29, 1.82) is 0 Å². The summed E-state index contributed by atoms with van der Waals surface area (Å²) in [5.41, 5.74) is 6.62. The van der Waals surface area contributed by atoms with E-state index < -0.39 is 9.84 Å². The second-order valence-electron chi connectivity index (χ2n) is 4.34. The molecule has 0 bridgehead atoms. The highest BCUT2D eigenvalue weighted by molar-refractivity contribution is 7.98. The predicted octanol–water partition coefficient (Wildman–Crippen LogP) is 3.10. The molecular formula is C14H14FNO2S2. The third-order valence-electron chi connectivity index (χ3n) is 2.79. The summed E-state index contributed by atoms with van der Waals surface area (Å²) in [7, 11) is -3.19. The number of benzene rings is 2. The molecule has 2 N–H and O–H groups in total. The van der Waals surface area contributed by atoms with E-state index in [-0.39, 0.29) is 10.7 Å². The summed E-state index contributed by atoms with van der Waals surface area (Å²) < 4.78 is 36.3. The third-order valence-corrected chi connectivity index (χ3v) is 4.96. The molecule has 0 saturated heterocycles. The van der Waals surface area contributed by atoms with Gasteiger partial charge in [0.15, 0.2) is 9.84 Å². The van der Waals surface area contributed by atoms with Crippen molar-refractivity contribution in [2.24, 2.45) is 0 Å². The van der Waals surface area contributed by atoms with Crippen molar-refractivity contribution in [1.82, 2.24) is 0 Å². The van der Waals surface area contributed by atoms with Crippen molar-refractivity contribution in [3.63, 3.8) is 0 Å². The van der Waals surface area contributed by atoms with Crippen LogP contribution in [0.2, 0.25) is 0 Å². The molecule has 2 aromatic carbocycles. The van der Waals surface area contributed by atoms with Gasteiger partial charge in [-0.3, -0.25) is 0 Å². The summed E-state index contributed by atoms with van der Waals surface area (Å²) in [6, 6.07) is 11.1. The topological polar surface area (TPSA) is 60.2 Å². The van der Waals surface area contributed by atoms with Crippen molar-refractivity contribution in [3.8, 4) is 0 Å². The Balaban J connectivity index is 2.12. The van der Waals surface area contributed by atoms with Gasteiger partial charge in [-0.1, -0.05) is 6.07 Å². The molecule has 0 saturated carbocycles. The molecule has 0 aliphatic rings. The predicted molar refractivity (Wildman–Crippen MR) is 79.9 cm³/mol. The molecule has 2 rings (SSSR count). The van der Waals surface area contributed by atoms with Gasteiger partial charge in [0.05, 0.1) is 4.90 Å².